The monoisotopic (exact) mass is 306 g/mol. The maximum Gasteiger partial charge on any atom is 0.315 e. The van der Waals surface area contributed by atoms with Gasteiger partial charge in [-0.05, 0) is 56.2 Å². The van der Waals surface area contributed by atoms with Gasteiger partial charge in [-0.15, -0.1) is 0 Å². The van der Waals surface area contributed by atoms with Crippen LogP contribution in [0.1, 0.15) is 36.8 Å². The predicted octanol–water partition coefficient (Wildman–Crippen LogP) is 2.15. The highest BCUT2D eigenvalue weighted by Gasteiger charge is 2.20. The van der Waals surface area contributed by atoms with Crippen LogP contribution in [0.4, 0.5) is 4.79 Å². The van der Waals surface area contributed by atoms with Crippen LogP contribution in [0.3, 0.4) is 0 Å². The number of rotatable bonds is 5. The number of amides is 2. The topological polar surface area (TPSA) is 70.6 Å². The highest BCUT2D eigenvalue weighted by atomic mass is 16.5. The number of carbonyl (C=O) groups excluding carboxylic acids is 1. The number of methoxy groups -OCH3 is 1. The summed E-state index contributed by atoms with van der Waals surface area (Å²) in [7, 11) is 1.67. The summed E-state index contributed by atoms with van der Waals surface area (Å²) >= 11 is 0. The van der Waals surface area contributed by atoms with E-state index >= 15 is 0 Å². The molecular formula is C17H26N2O3. The molecule has 0 heterocycles. The van der Waals surface area contributed by atoms with E-state index in [4.69, 9.17) is 4.74 Å². The standard InChI is InChI=1S/C17H26N2O3/c1-12-3-4-13(11-16(12)22-2)9-10-18-17(21)19-14-5-7-15(20)8-6-14/h3-4,11,14-15,20H,5-10H2,1-2H3,(H2,18,19,21). The zero-order valence-electron chi connectivity index (χ0n) is 13.4. The Bertz CT molecular complexity index is 497. The molecule has 0 bridgehead atoms. The summed E-state index contributed by atoms with van der Waals surface area (Å²) < 4.78 is 5.30. The van der Waals surface area contributed by atoms with Gasteiger partial charge in [0.05, 0.1) is 13.2 Å². The number of hydrogen-bond acceptors (Lipinski definition) is 3. The summed E-state index contributed by atoms with van der Waals surface area (Å²) in [6, 6.07) is 6.15. The average molecular weight is 306 g/mol. The number of ether oxygens (including phenoxy) is 1. The van der Waals surface area contributed by atoms with Gasteiger partial charge in [0.25, 0.3) is 0 Å². The second-order valence-electron chi connectivity index (χ2n) is 5.96. The van der Waals surface area contributed by atoms with Gasteiger partial charge in [0.2, 0.25) is 0 Å². The fourth-order valence-corrected chi connectivity index (χ4v) is 2.80. The second kappa shape index (κ2) is 8.03. The van der Waals surface area contributed by atoms with Crippen molar-refractivity contribution in [1.82, 2.24) is 10.6 Å². The van der Waals surface area contributed by atoms with Gasteiger partial charge >= 0.3 is 6.03 Å². The van der Waals surface area contributed by atoms with E-state index < -0.39 is 0 Å². The third-order valence-corrected chi connectivity index (χ3v) is 4.20. The lowest BCUT2D eigenvalue weighted by Gasteiger charge is -2.26. The first-order valence-corrected chi connectivity index (χ1v) is 7.94. The quantitative estimate of drug-likeness (QED) is 0.780. The molecule has 5 heteroatoms. The van der Waals surface area contributed by atoms with Gasteiger partial charge in [-0.25, -0.2) is 4.79 Å². The molecule has 122 valence electrons. The lowest BCUT2D eigenvalue weighted by Crippen LogP contribution is -2.44. The van der Waals surface area contributed by atoms with Crippen molar-refractivity contribution in [2.75, 3.05) is 13.7 Å². The smallest absolute Gasteiger partial charge is 0.315 e. The van der Waals surface area contributed by atoms with E-state index in [-0.39, 0.29) is 18.2 Å². The molecule has 0 aromatic heterocycles. The van der Waals surface area contributed by atoms with Crippen LogP contribution in [0.5, 0.6) is 5.75 Å². The Morgan fingerprint density at radius 1 is 1.32 bits per heavy atom. The number of hydrogen-bond donors (Lipinski definition) is 3. The third-order valence-electron chi connectivity index (χ3n) is 4.20. The van der Waals surface area contributed by atoms with E-state index in [0.717, 1.165) is 49.0 Å². The van der Waals surface area contributed by atoms with Crippen molar-refractivity contribution in [3.8, 4) is 5.75 Å². The van der Waals surface area contributed by atoms with Crippen LogP contribution in [-0.2, 0) is 6.42 Å². The van der Waals surface area contributed by atoms with Crippen LogP contribution in [0.25, 0.3) is 0 Å². The molecule has 22 heavy (non-hydrogen) atoms. The molecule has 3 N–H and O–H groups in total. The minimum Gasteiger partial charge on any atom is -0.496 e. The van der Waals surface area contributed by atoms with E-state index in [1.807, 2.05) is 19.1 Å². The molecule has 1 aromatic rings. The number of nitrogens with one attached hydrogen (secondary N) is 2. The van der Waals surface area contributed by atoms with Crippen LogP contribution in [0, 0.1) is 6.92 Å². The minimum atomic E-state index is -0.197. The number of carbonyl (C=O) groups is 1. The molecule has 1 aliphatic rings. The van der Waals surface area contributed by atoms with Crippen LogP contribution in [0.2, 0.25) is 0 Å². The Labute approximate surface area is 132 Å². The van der Waals surface area contributed by atoms with E-state index in [0.29, 0.717) is 6.54 Å². The summed E-state index contributed by atoms with van der Waals surface area (Å²) in [5.74, 6) is 0.878. The molecule has 2 rings (SSSR count). The SMILES string of the molecule is COc1cc(CCNC(=O)NC2CCC(O)CC2)ccc1C. The van der Waals surface area contributed by atoms with Gasteiger partial charge in [-0.1, -0.05) is 12.1 Å². The molecule has 0 radical (unpaired) electrons. The Kier molecular flexibility index (Phi) is 6.07. The largest absolute Gasteiger partial charge is 0.496 e. The van der Waals surface area contributed by atoms with Gasteiger partial charge in [0.15, 0.2) is 0 Å². The van der Waals surface area contributed by atoms with Crippen molar-refractivity contribution in [2.24, 2.45) is 0 Å². The molecule has 1 fully saturated rings. The Balaban J connectivity index is 1.70. The summed E-state index contributed by atoms with van der Waals surface area (Å²) in [4.78, 5) is 11.9. The fourth-order valence-electron chi connectivity index (χ4n) is 2.80. The number of aliphatic hydroxyl groups is 1. The van der Waals surface area contributed by atoms with E-state index in [1.54, 1.807) is 7.11 Å². The molecule has 1 saturated carbocycles. The van der Waals surface area contributed by atoms with E-state index in [1.165, 1.54) is 0 Å². The zero-order valence-corrected chi connectivity index (χ0v) is 13.4. The first-order chi connectivity index (χ1) is 10.6. The molecule has 2 amide bonds. The highest BCUT2D eigenvalue weighted by molar-refractivity contribution is 5.74. The summed E-state index contributed by atoms with van der Waals surface area (Å²) in [6.45, 7) is 2.60. The maximum absolute atomic E-state index is 11.9. The molecular weight excluding hydrogens is 280 g/mol. The second-order valence-corrected chi connectivity index (χ2v) is 5.96. The van der Waals surface area contributed by atoms with E-state index in [2.05, 4.69) is 16.7 Å². The lowest BCUT2D eigenvalue weighted by atomic mass is 9.93. The molecule has 1 aliphatic carbocycles. The Morgan fingerprint density at radius 3 is 2.73 bits per heavy atom. The van der Waals surface area contributed by atoms with E-state index in [9.17, 15) is 9.90 Å². The average Bonchev–Trinajstić information content (AvgIpc) is 2.51. The maximum atomic E-state index is 11.9. The van der Waals surface area contributed by atoms with Crippen LogP contribution >= 0.6 is 0 Å². The van der Waals surface area contributed by atoms with Crippen molar-refractivity contribution in [2.45, 2.75) is 51.2 Å². The van der Waals surface area contributed by atoms with Gasteiger partial charge in [0.1, 0.15) is 5.75 Å². The van der Waals surface area contributed by atoms with Crippen molar-refractivity contribution < 1.29 is 14.6 Å². The van der Waals surface area contributed by atoms with Crippen molar-refractivity contribution in [3.05, 3.63) is 29.3 Å². The van der Waals surface area contributed by atoms with Crippen molar-refractivity contribution in [1.29, 1.82) is 0 Å². The summed E-state index contributed by atoms with van der Waals surface area (Å²) in [6.07, 6.45) is 3.82. The normalized spacial score (nSPS) is 21.2. The van der Waals surface area contributed by atoms with Crippen LogP contribution in [-0.4, -0.2) is 36.9 Å². The van der Waals surface area contributed by atoms with Crippen molar-refractivity contribution >= 4 is 6.03 Å². The van der Waals surface area contributed by atoms with Gasteiger partial charge in [-0.3, -0.25) is 0 Å². The fraction of sp³-hybridized carbons (Fsp3) is 0.588. The minimum absolute atomic E-state index is 0.125. The first-order valence-electron chi connectivity index (χ1n) is 7.94. The number of aliphatic hydroxyl groups excluding tert-OH is 1. The lowest BCUT2D eigenvalue weighted by molar-refractivity contribution is 0.117. The number of urea groups is 1. The summed E-state index contributed by atoms with van der Waals surface area (Å²) in [5.41, 5.74) is 2.25. The van der Waals surface area contributed by atoms with Crippen LogP contribution in [0.15, 0.2) is 18.2 Å². The number of benzene rings is 1. The first kappa shape index (κ1) is 16.6. The summed E-state index contributed by atoms with van der Waals surface area (Å²) in [5, 5.41) is 15.3. The predicted molar refractivity (Wildman–Crippen MR) is 86.2 cm³/mol. The third kappa shape index (κ3) is 4.91. The van der Waals surface area contributed by atoms with Gasteiger partial charge in [0, 0.05) is 12.6 Å². The Hall–Kier alpha value is -1.75. The molecule has 0 unspecified atom stereocenters. The molecule has 0 atom stereocenters. The van der Waals surface area contributed by atoms with Gasteiger partial charge < -0.3 is 20.5 Å². The number of aryl methyl sites for hydroxylation is 1. The molecule has 0 saturated heterocycles. The molecule has 0 spiro atoms. The molecule has 5 nitrogen and oxygen atoms in total. The van der Waals surface area contributed by atoms with Crippen LogP contribution < -0.4 is 15.4 Å². The van der Waals surface area contributed by atoms with Gasteiger partial charge in [-0.2, -0.15) is 0 Å². The Morgan fingerprint density at radius 2 is 2.05 bits per heavy atom. The van der Waals surface area contributed by atoms with Crippen molar-refractivity contribution in [3.63, 3.8) is 0 Å². The molecule has 1 aromatic carbocycles. The molecule has 0 aliphatic heterocycles. The zero-order chi connectivity index (χ0) is 15.9. The highest BCUT2D eigenvalue weighted by Crippen LogP contribution is 2.19.